The van der Waals surface area contributed by atoms with Gasteiger partial charge in [0.1, 0.15) is 12.2 Å². The van der Waals surface area contributed by atoms with Crippen LogP contribution in [0, 0.1) is 28.6 Å². The second-order valence-electron chi connectivity index (χ2n) is 17.3. The number of ketones is 1. The molecule has 5 aliphatic rings. The normalized spacial score (nSPS) is 44.6. The van der Waals surface area contributed by atoms with E-state index in [1.807, 2.05) is 6.92 Å². The number of ether oxygens (including phenoxy) is 2. The SMILES string of the molecule is CC1=CC(=O)[C@@H](O)[C@]2(C)[C@H]3[C@H](O[Si](C)(C)C(C)(C)C)[C@H](O[Si](C)(C)C(C)(C)C)[C@@]4(C)OC[C@@]35[C@@H](C[C@@H]12)OC(=O)C[C@@H]45. The largest absolute Gasteiger partial charge is 0.462 e. The molecule has 5 rings (SSSR count). The second kappa shape index (κ2) is 9.10. The molecule has 41 heavy (non-hydrogen) atoms. The Morgan fingerprint density at radius 1 is 0.976 bits per heavy atom. The molecule has 2 aliphatic heterocycles. The summed E-state index contributed by atoms with van der Waals surface area (Å²) < 4.78 is 28.1. The van der Waals surface area contributed by atoms with Crippen molar-refractivity contribution in [1.82, 2.24) is 0 Å². The third-order valence-electron chi connectivity index (χ3n) is 13.1. The maximum atomic E-state index is 13.4. The summed E-state index contributed by atoms with van der Waals surface area (Å²) in [5, 5.41) is 11.8. The molecule has 0 radical (unpaired) electrons. The molecule has 2 saturated heterocycles. The second-order valence-corrected chi connectivity index (χ2v) is 26.8. The molecule has 232 valence electrons. The fourth-order valence-electron chi connectivity index (χ4n) is 8.76. The van der Waals surface area contributed by atoms with Crippen LogP contribution in [0.2, 0.25) is 36.3 Å². The highest BCUT2D eigenvalue weighted by atomic mass is 28.4. The first-order chi connectivity index (χ1) is 18.4. The fourth-order valence-corrected chi connectivity index (χ4v) is 11.4. The number of aliphatic hydroxyl groups is 1. The summed E-state index contributed by atoms with van der Waals surface area (Å²) in [5.74, 6) is -1.05. The molecular weight excluding hydrogens is 553 g/mol. The van der Waals surface area contributed by atoms with Gasteiger partial charge in [0.15, 0.2) is 22.4 Å². The molecule has 1 N–H and O–H groups in total. The molecule has 0 unspecified atom stereocenters. The van der Waals surface area contributed by atoms with Crippen LogP contribution in [0.1, 0.15) is 75.2 Å². The molecule has 1 spiro atoms. The summed E-state index contributed by atoms with van der Waals surface area (Å²) in [7, 11) is -4.78. The zero-order valence-electron chi connectivity index (χ0n) is 27.6. The summed E-state index contributed by atoms with van der Waals surface area (Å²) in [4.78, 5) is 26.7. The Hall–Kier alpha value is -0.846. The molecule has 10 atom stereocenters. The average Bonchev–Trinajstić information content (AvgIpc) is 3.04. The Kier molecular flexibility index (Phi) is 7.01. The van der Waals surface area contributed by atoms with Crippen molar-refractivity contribution in [2.45, 2.75) is 141 Å². The maximum absolute atomic E-state index is 13.4. The van der Waals surface area contributed by atoms with Gasteiger partial charge in [-0.2, -0.15) is 0 Å². The van der Waals surface area contributed by atoms with Gasteiger partial charge in [-0.05, 0) is 68.5 Å². The summed E-state index contributed by atoms with van der Waals surface area (Å²) in [6.45, 7) is 29.1. The van der Waals surface area contributed by atoms with Gasteiger partial charge < -0.3 is 23.4 Å². The van der Waals surface area contributed by atoms with E-state index in [0.29, 0.717) is 13.0 Å². The Labute approximate surface area is 249 Å². The van der Waals surface area contributed by atoms with Crippen LogP contribution in [0.15, 0.2) is 11.6 Å². The van der Waals surface area contributed by atoms with Crippen molar-refractivity contribution in [1.29, 1.82) is 0 Å². The monoisotopic (exact) mass is 606 g/mol. The van der Waals surface area contributed by atoms with E-state index in [4.69, 9.17) is 18.3 Å². The predicted molar refractivity (Wildman–Crippen MR) is 163 cm³/mol. The number of carbonyl (C=O) groups is 2. The summed E-state index contributed by atoms with van der Waals surface area (Å²) in [6, 6.07) is 0. The molecule has 0 aromatic carbocycles. The summed E-state index contributed by atoms with van der Waals surface area (Å²) >= 11 is 0. The van der Waals surface area contributed by atoms with Crippen LogP contribution in [0.3, 0.4) is 0 Å². The minimum atomic E-state index is -2.40. The van der Waals surface area contributed by atoms with Crippen LogP contribution in [-0.2, 0) is 27.9 Å². The lowest BCUT2D eigenvalue weighted by molar-refractivity contribution is -0.275. The summed E-state index contributed by atoms with van der Waals surface area (Å²) in [6.07, 6.45) is -0.0359. The van der Waals surface area contributed by atoms with Crippen LogP contribution >= 0.6 is 0 Å². The van der Waals surface area contributed by atoms with Gasteiger partial charge >= 0.3 is 5.97 Å². The Balaban J connectivity index is 1.80. The first kappa shape index (κ1) is 31.6. The lowest BCUT2D eigenvalue weighted by atomic mass is 9.38. The van der Waals surface area contributed by atoms with Gasteiger partial charge in [-0.15, -0.1) is 0 Å². The minimum absolute atomic E-state index is 0.0648. The lowest BCUT2D eigenvalue weighted by Gasteiger charge is -2.69. The Morgan fingerprint density at radius 3 is 2.10 bits per heavy atom. The van der Waals surface area contributed by atoms with Crippen LogP contribution < -0.4 is 0 Å². The van der Waals surface area contributed by atoms with Crippen molar-refractivity contribution in [3.05, 3.63) is 11.6 Å². The minimum Gasteiger partial charge on any atom is -0.462 e. The van der Waals surface area contributed by atoms with Gasteiger partial charge in [0.2, 0.25) is 0 Å². The smallest absolute Gasteiger partial charge is 0.306 e. The molecule has 4 fully saturated rings. The molecule has 0 amide bonds. The van der Waals surface area contributed by atoms with E-state index < -0.39 is 51.4 Å². The molecular formula is C32H54O7Si2. The van der Waals surface area contributed by atoms with E-state index in [1.165, 1.54) is 0 Å². The molecule has 2 bridgehead atoms. The van der Waals surface area contributed by atoms with E-state index in [2.05, 4.69) is 81.6 Å². The van der Waals surface area contributed by atoms with Gasteiger partial charge in [-0.3, -0.25) is 9.59 Å². The quantitative estimate of drug-likeness (QED) is 0.309. The van der Waals surface area contributed by atoms with Gasteiger partial charge in [0.05, 0.1) is 30.8 Å². The van der Waals surface area contributed by atoms with Crippen LogP contribution in [-0.4, -0.2) is 70.1 Å². The van der Waals surface area contributed by atoms with E-state index in [9.17, 15) is 14.7 Å². The van der Waals surface area contributed by atoms with Crippen molar-refractivity contribution in [2.24, 2.45) is 28.6 Å². The predicted octanol–water partition coefficient (Wildman–Crippen LogP) is 6.02. The van der Waals surface area contributed by atoms with Crippen molar-refractivity contribution < 1.29 is 33.0 Å². The Morgan fingerprint density at radius 2 is 1.54 bits per heavy atom. The third-order valence-corrected chi connectivity index (χ3v) is 22.0. The number of rotatable bonds is 4. The fraction of sp³-hybridized carbons (Fsp3) is 0.875. The van der Waals surface area contributed by atoms with Crippen molar-refractivity contribution in [3.8, 4) is 0 Å². The van der Waals surface area contributed by atoms with Crippen molar-refractivity contribution in [3.63, 3.8) is 0 Å². The molecule has 7 nitrogen and oxygen atoms in total. The van der Waals surface area contributed by atoms with Crippen molar-refractivity contribution >= 4 is 28.4 Å². The number of hydrogen-bond donors (Lipinski definition) is 1. The maximum Gasteiger partial charge on any atom is 0.306 e. The molecule has 3 aliphatic carbocycles. The molecule has 0 aromatic rings. The lowest BCUT2D eigenvalue weighted by Crippen LogP contribution is -2.78. The first-order valence-electron chi connectivity index (χ1n) is 15.5. The van der Waals surface area contributed by atoms with E-state index in [-0.39, 0.29) is 52.1 Å². The number of fused-ring (bicyclic) bond motifs is 2. The number of allylic oxidation sites excluding steroid dienone is 1. The van der Waals surface area contributed by atoms with Gasteiger partial charge in [-0.1, -0.05) is 54.0 Å². The van der Waals surface area contributed by atoms with Gasteiger partial charge in [0, 0.05) is 22.7 Å². The highest BCUT2D eigenvalue weighted by Gasteiger charge is 2.81. The molecule has 0 aromatic heterocycles. The summed E-state index contributed by atoms with van der Waals surface area (Å²) in [5.41, 5.74) is -1.23. The van der Waals surface area contributed by atoms with Crippen LogP contribution in [0.5, 0.6) is 0 Å². The Bertz CT molecular complexity index is 1170. The van der Waals surface area contributed by atoms with E-state index in [0.717, 1.165) is 5.57 Å². The van der Waals surface area contributed by atoms with E-state index >= 15 is 0 Å². The molecule has 2 heterocycles. The molecule has 2 saturated carbocycles. The number of esters is 1. The highest BCUT2D eigenvalue weighted by Crippen LogP contribution is 2.73. The topological polar surface area (TPSA) is 91.3 Å². The van der Waals surface area contributed by atoms with Gasteiger partial charge in [-0.25, -0.2) is 0 Å². The van der Waals surface area contributed by atoms with Crippen LogP contribution in [0.25, 0.3) is 0 Å². The van der Waals surface area contributed by atoms with Crippen molar-refractivity contribution in [2.75, 3.05) is 6.61 Å². The van der Waals surface area contributed by atoms with Crippen LogP contribution in [0.4, 0.5) is 0 Å². The third kappa shape index (κ3) is 4.15. The first-order valence-corrected chi connectivity index (χ1v) is 21.4. The number of carbonyl (C=O) groups excluding carboxylic acids is 2. The average molecular weight is 607 g/mol. The van der Waals surface area contributed by atoms with Gasteiger partial charge in [0.25, 0.3) is 0 Å². The highest BCUT2D eigenvalue weighted by molar-refractivity contribution is 6.74. The number of aliphatic hydroxyl groups excluding tert-OH is 1. The standard InChI is InChI=1S/C32H54O7Si2/c1-18-14-20(33)26(35)30(8)19(18)15-22-32-17-36-31(9,21(32)16-23(34)37-22)27(39-41(12,13)29(5,6)7)24(25(30)32)38-40(10,11)28(2,3)4/h14,19,21-22,24-27,35H,15-17H2,1-13H3/t19-,21-,22+,24-,25+,26+,27-,30-,31-,32+/m0/s1. The zero-order chi connectivity index (χ0) is 30.9. The zero-order valence-corrected chi connectivity index (χ0v) is 29.6. The number of hydrogen-bond acceptors (Lipinski definition) is 7. The van der Waals surface area contributed by atoms with E-state index in [1.54, 1.807) is 6.08 Å². The molecule has 9 heteroatoms.